The molecular formula is C21H20N2O3. The summed E-state index contributed by atoms with van der Waals surface area (Å²) in [5.41, 5.74) is 3.53. The van der Waals surface area contributed by atoms with Crippen molar-refractivity contribution >= 4 is 22.7 Å². The molecule has 0 spiro atoms. The number of aromatic amines is 1. The summed E-state index contributed by atoms with van der Waals surface area (Å²) in [5, 5.41) is 13.3. The van der Waals surface area contributed by atoms with Crippen LogP contribution in [0.1, 0.15) is 21.5 Å². The number of aromatic nitrogens is 1. The van der Waals surface area contributed by atoms with Gasteiger partial charge in [-0.05, 0) is 18.6 Å². The fourth-order valence-electron chi connectivity index (χ4n) is 2.79. The Bertz CT molecular complexity index is 955. The zero-order valence-electron chi connectivity index (χ0n) is 14.4. The molecule has 3 N–H and O–H groups in total. The van der Waals surface area contributed by atoms with Crippen LogP contribution in [0.3, 0.4) is 0 Å². The van der Waals surface area contributed by atoms with E-state index in [1.807, 2.05) is 49.5 Å². The van der Waals surface area contributed by atoms with Gasteiger partial charge in [-0.15, -0.1) is 0 Å². The zero-order chi connectivity index (χ0) is 18.5. The molecule has 0 unspecified atom stereocenters. The molecule has 1 atom stereocenters. The van der Waals surface area contributed by atoms with Crippen molar-refractivity contribution in [3.05, 3.63) is 83.7 Å². The summed E-state index contributed by atoms with van der Waals surface area (Å²) in [5.74, 6) is -1.14. The van der Waals surface area contributed by atoms with E-state index in [-0.39, 0.29) is 5.78 Å². The average molecular weight is 348 g/mol. The smallest absolute Gasteiger partial charge is 0.326 e. The maximum absolute atomic E-state index is 12.1. The molecule has 132 valence electrons. The highest BCUT2D eigenvalue weighted by Crippen LogP contribution is 2.19. The fourth-order valence-corrected chi connectivity index (χ4v) is 2.79. The van der Waals surface area contributed by atoms with Gasteiger partial charge in [0, 0.05) is 41.4 Å². The highest BCUT2D eigenvalue weighted by Gasteiger charge is 2.18. The molecule has 0 saturated heterocycles. The molecule has 0 saturated carbocycles. The normalized spacial score (nSPS) is 12.3. The minimum absolute atomic E-state index is 0.172. The molecule has 26 heavy (non-hydrogen) atoms. The Kier molecular flexibility index (Phi) is 5.17. The van der Waals surface area contributed by atoms with E-state index in [4.69, 9.17) is 0 Å². The molecule has 1 heterocycles. The second-order valence-electron chi connectivity index (χ2n) is 6.18. The van der Waals surface area contributed by atoms with Crippen LogP contribution in [0.25, 0.3) is 10.9 Å². The Morgan fingerprint density at radius 1 is 1.15 bits per heavy atom. The lowest BCUT2D eigenvalue weighted by atomic mass is 10.1. The number of aliphatic carboxylic acids is 1. The second-order valence-corrected chi connectivity index (χ2v) is 6.18. The average Bonchev–Trinajstić information content (AvgIpc) is 3.04. The lowest BCUT2D eigenvalue weighted by molar-refractivity contribution is -0.139. The van der Waals surface area contributed by atoms with Crippen LogP contribution < -0.4 is 5.32 Å². The van der Waals surface area contributed by atoms with Crippen molar-refractivity contribution in [2.24, 2.45) is 0 Å². The predicted octanol–water partition coefficient (Wildman–Crippen LogP) is 3.46. The third-order valence-electron chi connectivity index (χ3n) is 4.27. The number of hydrogen-bond donors (Lipinski definition) is 3. The van der Waals surface area contributed by atoms with Gasteiger partial charge in [-0.2, -0.15) is 0 Å². The molecule has 0 fully saturated rings. The summed E-state index contributed by atoms with van der Waals surface area (Å²) in [4.78, 5) is 26.8. The van der Waals surface area contributed by atoms with Gasteiger partial charge < -0.3 is 15.4 Å². The van der Waals surface area contributed by atoms with Crippen molar-refractivity contribution in [2.45, 2.75) is 19.4 Å². The minimum atomic E-state index is -0.970. The summed E-state index contributed by atoms with van der Waals surface area (Å²) in [6, 6.07) is 14.2. The first-order valence-electron chi connectivity index (χ1n) is 8.36. The van der Waals surface area contributed by atoms with E-state index in [0.29, 0.717) is 12.0 Å². The van der Waals surface area contributed by atoms with Crippen molar-refractivity contribution in [3.8, 4) is 0 Å². The molecule has 5 nitrogen and oxygen atoms in total. The number of allylic oxidation sites excluding steroid dienone is 1. The predicted molar refractivity (Wildman–Crippen MR) is 101 cm³/mol. The third kappa shape index (κ3) is 4.00. The first kappa shape index (κ1) is 17.5. The minimum Gasteiger partial charge on any atom is -0.480 e. The maximum Gasteiger partial charge on any atom is 0.326 e. The van der Waals surface area contributed by atoms with Crippen LogP contribution in [0.4, 0.5) is 0 Å². The van der Waals surface area contributed by atoms with Crippen LogP contribution in [0.15, 0.2) is 67.0 Å². The van der Waals surface area contributed by atoms with Crippen molar-refractivity contribution < 1.29 is 14.7 Å². The number of ketones is 1. The van der Waals surface area contributed by atoms with Gasteiger partial charge in [-0.1, -0.05) is 48.0 Å². The molecule has 3 rings (SSSR count). The van der Waals surface area contributed by atoms with E-state index in [0.717, 1.165) is 22.0 Å². The molecule has 0 radical (unpaired) electrons. The van der Waals surface area contributed by atoms with Gasteiger partial charge >= 0.3 is 5.97 Å². The number of benzene rings is 2. The summed E-state index contributed by atoms with van der Waals surface area (Å²) in [6.45, 7) is 1.95. The summed E-state index contributed by atoms with van der Waals surface area (Å²) < 4.78 is 0. The van der Waals surface area contributed by atoms with Crippen LogP contribution in [0.5, 0.6) is 0 Å². The SMILES string of the molecule is Cc1ccc(C(=O)/C=C/N[C@@H](Cc2c[nH]c3ccccc23)C(=O)O)cc1. The number of carbonyl (C=O) groups excluding carboxylic acids is 1. The van der Waals surface area contributed by atoms with Crippen LogP contribution >= 0.6 is 0 Å². The van der Waals surface area contributed by atoms with Gasteiger partial charge in [0.05, 0.1) is 0 Å². The highest BCUT2D eigenvalue weighted by molar-refractivity contribution is 6.04. The number of rotatable bonds is 7. The molecule has 1 aromatic heterocycles. The van der Waals surface area contributed by atoms with Gasteiger partial charge in [-0.3, -0.25) is 4.79 Å². The number of carboxylic acid groups (broad SMARTS) is 1. The zero-order valence-corrected chi connectivity index (χ0v) is 14.4. The molecule has 0 aliphatic carbocycles. The van der Waals surface area contributed by atoms with E-state index < -0.39 is 12.0 Å². The molecular weight excluding hydrogens is 328 g/mol. The third-order valence-corrected chi connectivity index (χ3v) is 4.27. The first-order valence-corrected chi connectivity index (χ1v) is 8.36. The quantitative estimate of drug-likeness (QED) is 0.451. The number of fused-ring (bicyclic) bond motifs is 1. The van der Waals surface area contributed by atoms with Crippen LogP contribution in [-0.4, -0.2) is 27.9 Å². The maximum atomic E-state index is 12.1. The van der Waals surface area contributed by atoms with Crippen molar-refractivity contribution in [1.82, 2.24) is 10.3 Å². The topological polar surface area (TPSA) is 82.2 Å². The summed E-state index contributed by atoms with van der Waals surface area (Å²) in [7, 11) is 0. The lowest BCUT2D eigenvalue weighted by Crippen LogP contribution is -2.35. The molecule has 0 amide bonds. The Morgan fingerprint density at radius 3 is 2.62 bits per heavy atom. The van der Waals surface area contributed by atoms with Crippen molar-refractivity contribution in [3.63, 3.8) is 0 Å². The molecule has 0 aliphatic heterocycles. The highest BCUT2D eigenvalue weighted by atomic mass is 16.4. The van der Waals surface area contributed by atoms with Gasteiger partial charge in [0.25, 0.3) is 0 Å². The number of aryl methyl sites for hydroxylation is 1. The Labute approximate surface area is 151 Å². The lowest BCUT2D eigenvalue weighted by Gasteiger charge is -2.12. The van der Waals surface area contributed by atoms with E-state index in [9.17, 15) is 14.7 Å². The van der Waals surface area contributed by atoms with Crippen molar-refractivity contribution in [2.75, 3.05) is 0 Å². The van der Waals surface area contributed by atoms with Crippen LogP contribution in [0.2, 0.25) is 0 Å². The first-order chi connectivity index (χ1) is 12.5. The van der Waals surface area contributed by atoms with E-state index in [2.05, 4.69) is 10.3 Å². The molecule has 3 aromatic rings. The number of para-hydroxylation sites is 1. The molecule has 2 aromatic carbocycles. The van der Waals surface area contributed by atoms with Crippen LogP contribution in [-0.2, 0) is 11.2 Å². The Morgan fingerprint density at radius 2 is 1.88 bits per heavy atom. The number of carbonyl (C=O) groups is 2. The van der Waals surface area contributed by atoms with E-state index in [1.54, 1.807) is 12.1 Å². The largest absolute Gasteiger partial charge is 0.480 e. The molecule has 0 aliphatic rings. The van der Waals surface area contributed by atoms with E-state index >= 15 is 0 Å². The molecule has 0 bridgehead atoms. The Hall–Kier alpha value is -3.34. The fraction of sp³-hybridized carbons (Fsp3) is 0.143. The monoisotopic (exact) mass is 348 g/mol. The number of carboxylic acids is 1. The number of hydrogen-bond acceptors (Lipinski definition) is 3. The van der Waals surface area contributed by atoms with Gasteiger partial charge in [0.2, 0.25) is 0 Å². The number of nitrogens with one attached hydrogen (secondary N) is 2. The van der Waals surface area contributed by atoms with Gasteiger partial charge in [0.15, 0.2) is 5.78 Å². The summed E-state index contributed by atoms with van der Waals surface area (Å²) in [6.07, 6.45) is 4.90. The summed E-state index contributed by atoms with van der Waals surface area (Å²) >= 11 is 0. The van der Waals surface area contributed by atoms with E-state index in [1.165, 1.54) is 12.3 Å². The number of H-pyrrole nitrogens is 1. The van der Waals surface area contributed by atoms with Crippen molar-refractivity contribution in [1.29, 1.82) is 0 Å². The molecule has 5 heteroatoms. The Balaban J connectivity index is 1.68. The second kappa shape index (κ2) is 7.70. The standard InChI is InChI=1S/C21H20N2O3/c1-14-6-8-15(9-7-14)20(24)10-11-22-19(21(25)26)12-16-13-23-18-5-3-2-4-17(16)18/h2-11,13,19,22-23H,12H2,1H3,(H,25,26)/b11-10+/t19-/m0/s1. The van der Waals surface area contributed by atoms with Gasteiger partial charge in [-0.25, -0.2) is 4.79 Å². The van der Waals surface area contributed by atoms with Gasteiger partial charge in [0.1, 0.15) is 6.04 Å². The van der Waals surface area contributed by atoms with Crippen LogP contribution in [0, 0.1) is 6.92 Å².